The molecule has 0 saturated carbocycles. The molecular formula is C23H22N4O3. The first-order valence-electron chi connectivity index (χ1n) is 9.65. The van der Waals surface area contributed by atoms with E-state index < -0.39 is 0 Å². The number of hydrogen-bond acceptors (Lipinski definition) is 5. The van der Waals surface area contributed by atoms with Crippen molar-refractivity contribution in [3.8, 4) is 11.5 Å². The quantitative estimate of drug-likeness (QED) is 0.515. The number of amides is 1. The fourth-order valence-corrected chi connectivity index (χ4v) is 2.99. The third kappa shape index (κ3) is 4.94. The minimum Gasteiger partial charge on any atom is -0.486 e. The minimum atomic E-state index is -0.239. The highest BCUT2D eigenvalue weighted by Crippen LogP contribution is 2.32. The Morgan fingerprint density at radius 1 is 1.03 bits per heavy atom. The van der Waals surface area contributed by atoms with Gasteiger partial charge in [-0.15, -0.1) is 0 Å². The molecular weight excluding hydrogens is 380 g/mol. The summed E-state index contributed by atoms with van der Waals surface area (Å²) in [6.45, 7) is 3.38. The number of fused-ring (bicyclic) bond motifs is 1. The third-order valence-corrected chi connectivity index (χ3v) is 4.49. The molecule has 0 bridgehead atoms. The van der Waals surface area contributed by atoms with Gasteiger partial charge in [0, 0.05) is 29.7 Å². The molecule has 1 aliphatic heterocycles. The lowest BCUT2D eigenvalue weighted by molar-refractivity contribution is 0.0977. The Hall–Kier alpha value is -3.87. The first kappa shape index (κ1) is 19.4. The van der Waals surface area contributed by atoms with Crippen molar-refractivity contribution in [2.75, 3.05) is 18.5 Å². The molecule has 7 heteroatoms. The highest BCUT2D eigenvalue weighted by molar-refractivity contribution is 6.10. The van der Waals surface area contributed by atoms with Gasteiger partial charge in [-0.1, -0.05) is 17.7 Å². The number of aliphatic imine (C=N–C) groups is 1. The zero-order valence-corrected chi connectivity index (χ0v) is 16.6. The van der Waals surface area contributed by atoms with Crippen LogP contribution in [0.5, 0.6) is 11.5 Å². The summed E-state index contributed by atoms with van der Waals surface area (Å²) in [6.07, 6.45) is 3.42. The zero-order chi connectivity index (χ0) is 20.8. The molecule has 0 atom stereocenters. The van der Waals surface area contributed by atoms with Gasteiger partial charge in [0.1, 0.15) is 13.2 Å². The average molecular weight is 402 g/mol. The molecule has 7 nitrogen and oxygen atoms in total. The molecule has 0 fully saturated rings. The number of rotatable bonds is 4. The predicted molar refractivity (Wildman–Crippen MR) is 115 cm³/mol. The smallest absolute Gasteiger partial charge is 0.257 e. The number of nitrogens with one attached hydrogen (secondary N) is 2. The normalized spacial score (nSPS) is 12.9. The summed E-state index contributed by atoms with van der Waals surface area (Å²) in [7, 11) is 0. The van der Waals surface area contributed by atoms with Crippen LogP contribution >= 0.6 is 0 Å². The van der Waals surface area contributed by atoms with Crippen LogP contribution < -0.4 is 20.1 Å². The summed E-state index contributed by atoms with van der Waals surface area (Å²) in [5.74, 6) is 1.46. The third-order valence-electron chi connectivity index (χ3n) is 4.49. The van der Waals surface area contributed by atoms with Crippen molar-refractivity contribution >= 4 is 17.6 Å². The number of aromatic nitrogens is 1. The van der Waals surface area contributed by atoms with E-state index in [1.165, 1.54) is 0 Å². The summed E-state index contributed by atoms with van der Waals surface area (Å²) in [5, 5.41) is 6.05. The first-order valence-corrected chi connectivity index (χ1v) is 9.65. The molecule has 30 heavy (non-hydrogen) atoms. The first-order chi connectivity index (χ1) is 14.7. The molecule has 1 aromatic heterocycles. The molecule has 1 amide bonds. The van der Waals surface area contributed by atoms with E-state index in [0.29, 0.717) is 42.8 Å². The van der Waals surface area contributed by atoms with Crippen molar-refractivity contribution in [1.82, 2.24) is 10.3 Å². The van der Waals surface area contributed by atoms with Crippen LogP contribution in [0.15, 0.2) is 72.0 Å². The summed E-state index contributed by atoms with van der Waals surface area (Å²) in [6, 6.07) is 16.7. The largest absolute Gasteiger partial charge is 0.486 e. The summed E-state index contributed by atoms with van der Waals surface area (Å²) in [4.78, 5) is 21.3. The standard InChI is InChI=1S/C23H22N4O3/c1-16-3-2-4-18(13-16)22(28)27-23(25-15-17-7-9-24-10-8-17)26-19-5-6-20-21(14-19)30-12-11-29-20/h2-10,13-14H,11-12,15H2,1H3,(H2,25,26,27,28). The van der Waals surface area contributed by atoms with Gasteiger partial charge in [-0.05, 0) is 48.9 Å². The van der Waals surface area contributed by atoms with Gasteiger partial charge in [0.25, 0.3) is 5.91 Å². The number of hydrogen-bond donors (Lipinski definition) is 2. The number of pyridine rings is 1. The van der Waals surface area contributed by atoms with Gasteiger partial charge in [-0.3, -0.25) is 15.1 Å². The van der Waals surface area contributed by atoms with E-state index in [4.69, 9.17) is 9.47 Å². The zero-order valence-electron chi connectivity index (χ0n) is 16.6. The van der Waals surface area contributed by atoms with Crippen molar-refractivity contribution < 1.29 is 14.3 Å². The van der Waals surface area contributed by atoms with Crippen LogP contribution in [-0.2, 0) is 6.54 Å². The lowest BCUT2D eigenvalue weighted by atomic mass is 10.1. The number of nitrogens with zero attached hydrogens (tertiary/aromatic N) is 2. The van der Waals surface area contributed by atoms with E-state index in [1.807, 2.05) is 55.5 Å². The molecule has 3 aromatic rings. The Labute approximate surface area is 174 Å². The van der Waals surface area contributed by atoms with E-state index in [-0.39, 0.29) is 5.91 Å². The van der Waals surface area contributed by atoms with E-state index in [0.717, 1.165) is 16.8 Å². The number of carbonyl (C=O) groups is 1. The maximum absolute atomic E-state index is 12.8. The Kier molecular flexibility index (Phi) is 5.89. The Morgan fingerprint density at radius 2 is 1.83 bits per heavy atom. The van der Waals surface area contributed by atoms with E-state index in [1.54, 1.807) is 18.5 Å². The average Bonchev–Trinajstić information content (AvgIpc) is 2.78. The van der Waals surface area contributed by atoms with Crippen molar-refractivity contribution in [2.45, 2.75) is 13.5 Å². The maximum Gasteiger partial charge on any atom is 0.257 e. The van der Waals surface area contributed by atoms with Crippen LogP contribution in [-0.4, -0.2) is 30.1 Å². The highest BCUT2D eigenvalue weighted by atomic mass is 16.6. The number of benzene rings is 2. The van der Waals surface area contributed by atoms with Crippen LogP contribution in [0.2, 0.25) is 0 Å². The van der Waals surface area contributed by atoms with Crippen LogP contribution in [0, 0.1) is 6.92 Å². The topological polar surface area (TPSA) is 84.8 Å². The number of anilines is 1. The molecule has 4 rings (SSSR count). The number of ether oxygens (including phenoxy) is 2. The summed E-state index contributed by atoms with van der Waals surface area (Å²) < 4.78 is 11.2. The van der Waals surface area contributed by atoms with Gasteiger partial charge >= 0.3 is 0 Å². The van der Waals surface area contributed by atoms with Gasteiger partial charge < -0.3 is 14.8 Å². The molecule has 152 valence electrons. The van der Waals surface area contributed by atoms with Crippen LogP contribution in [0.25, 0.3) is 0 Å². The second-order valence-corrected chi connectivity index (χ2v) is 6.83. The fraction of sp³-hybridized carbons (Fsp3) is 0.174. The molecule has 2 N–H and O–H groups in total. The van der Waals surface area contributed by atoms with Crippen molar-refractivity contribution in [1.29, 1.82) is 0 Å². The van der Waals surface area contributed by atoms with Crippen molar-refractivity contribution in [2.24, 2.45) is 4.99 Å². The molecule has 0 spiro atoms. The Balaban J connectivity index is 1.55. The van der Waals surface area contributed by atoms with Gasteiger partial charge in [0.15, 0.2) is 11.5 Å². The van der Waals surface area contributed by atoms with Gasteiger partial charge in [0.05, 0.1) is 6.54 Å². The lowest BCUT2D eigenvalue weighted by Gasteiger charge is -2.19. The molecule has 0 unspecified atom stereocenters. The van der Waals surface area contributed by atoms with Gasteiger partial charge in [0.2, 0.25) is 5.96 Å². The second-order valence-electron chi connectivity index (χ2n) is 6.83. The monoisotopic (exact) mass is 402 g/mol. The SMILES string of the molecule is Cc1cccc(C(=O)NC(=NCc2ccncc2)Nc2ccc3c(c2)OCCO3)c1. The molecule has 0 aliphatic carbocycles. The second kappa shape index (κ2) is 9.09. The molecule has 2 heterocycles. The van der Waals surface area contributed by atoms with Gasteiger partial charge in [-0.25, -0.2) is 4.99 Å². The number of guanidine groups is 1. The summed E-state index contributed by atoms with van der Waals surface area (Å²) in [5.41, 5.74) is 3.29. The van der Waals surface area contributed by atoms with Gasteiger partial charge in [-0.2, -0.15) is 0 Å². The number of carbonyl (C=O) groups excluding carboxylic acids is 1. The van der Waals surface area contributed by atoms with Crippen molar-refractivity contribution in [3.05, 3.63) is 83.7 Å². The Morgan fingerprint density at radius 3 is 2.63 bits per heavy atom. The summed E-state index contributed by atoms with van der Waals surface area (Å²) >= 11 is 0. The highest BCUT2D eigenvalue weighted by Gasteiger charge is 2.14. The molecule has 0 saturated heterocycles. The fourth-order valence-electron chi connectivity index (χ4n) is 2.99. The maximum atomic E-state index is 12.8. The predicted octanol–water partition coefficient (Wildman–Crippen LogP) is 3.56. The lowest BCUT2D eigenvalue weighted by Crippen LogP contribution is -2.36. The Bertz CT molecular complexity index is 1070. The minimum absolute atomic E-state index is 0.239. The van der Waals surface area contributed by atoms with Crippen LogP contribution in [0.4, 0.5) is 5.69 Å². The van der Waals surface area contributed by atoms with Crippen molar-refractivity contribution in [3.63, 3.8) is 0 Å². The van der Waals surface area contributed by atoms with E-state index in [2.05, 4.69) is 20.6 Å². The van der Waals surface area contributed by atoms with E-state index >= 15 is 0 Å². The molecule has 2 aromatic carbocycles. The van der Waals surface area contributed by atoms with E-state index in [9.17, 15) is 4.79 Å². The number of aryl methyl sites for hydroxylation is 1. The van der Waals surface area contributed by atoms with Crippen LogP contribution in [0.1, 0.15) is 21.5 Å². The molecule has 0 radical (unpaired) electrons. The van der Waals surface area contributed by atoms with Crippen LogP contribution in [0.3, 0.4) is 0 Å². The molecule has 1 aliphatic rings.